The fourth-order valence-electron chi connectivity index (χ4n) is 2.40. The van der Waals surface area contributed by atoms with Crippen LogP contribution in [-0.2, 0) is 13.0 Å². The van der Waals surface area contributed by atoms with E-state index >= 15 is 0 Å². The second kappa shape index (κ2) is 5.46. The highest BCUT2D eigenvalue weighted by Crippen LogP contribution is 2.25. The number of fused-ring (bicyclic) bond motifs is 1. The zero-order valence-electron chi connectivity index (χ0n) is 11.6. The Morgan fingerprint density at radius 2 is 2.24 bits per heavy atom. The van der Waals surface area contributed by atoms with Crippen LogP contribution in [0.2, 0.25) is 0 Å². The van der Waals surface area contributed by atoms with Crippen LogP contribution in [-0.4, -0.2) is 16.5 Å². The Kier molecular flexibility index (Phi) is 3.50. The number of benzene rings is 1. The van der Waals surface area contributed by atoms with Gasteiger partial charge in [0, 0.05) is 12.1 Å². The minimum Gasteiger partial charge on any atom is -0.337 e. The van der Waals surface area contributed by atoms with Crippen LogP contribution in [0.1, 0.15) is 22.6 Å². The fourth-order valence-corrected chi connectivity index (χ4v) is 2.40. The SMILES string of the molecule is Cc1nc2c(c(Nc3ccc(C#N)cc3F)n1)CCNC2. The highest BCUT2D eigenvalue weighted by molar-refractivity contribution is 5.62. The molecule has 21 heavy (non-hydrogen) atoms. The average Bonchev–Trinajstić information content (AvgIpc) is 2.49. The summed E-state index contributed by atoms with van der Waals surface area (Å²) >= 11 is 0. The van der Waals surface area contributed by atoms with Crippen molar-refractivity contribution in [3.63, 3.8) is 0 Å². The molecule has 0 saturated heterocycles. The van der Waals surface area contributed by atoms with E-state index in [1.54, 1.807) is 12.1 Å². The summed E-state index contributed by atoms with van der Waals surface area (Å²) in [5.41, 5.74) is 2.57. The first-order valence-corrected chi connectivity index (χ1v) is 6.71. The molecule has 0 aliphatic carbocycles. The Bertz CT molecular complexity index is 736. The van der Waals surface area contributed by atoms with E-state index in [1.165, 1.54) is 6.07 Å². The van der Waals surface area contributed by atoms with Gasteiger partial charge in [0.05, 0.1) is 23.0 Å². The number of aromatic nitrogens is 2. The van der Waals surface area contributed by atoms with E-state index < -0.39 is 5.82 Å². The summed E-state index contributed by atoms with van der Waals surface area (Å²) in [7, 11) is 0. The third-order valence-electron chi connectivity index (χ3n) is 3.40. The molecule has 106 valence electrons. The summed E-state index contributed by atoms with van der Waals surface area (Å²) in [6.45, 7) is 3.36. The molecule has 0 unspecified atom stereocenters. The molecule has 0 atom stereocenters. The monoisotopic (exact) mass is 283 g/mol. The maximum absolute atomic E-state index is 14.0. The smallest absolute Gasteiger partial charge is 0.147 e. The molecular weight excluding hydrogens is 269 g/mol. The van der Waals surface area contributed by atoms with Gasteiger partial charge in [0.1, 0.15) is 17.5 Å². The molecule has 3 rings (SSSR count). The Morgan fingerprint density at radius 3 is 3.00 bits per heavy atom. The predicted octanol–water partition coefficient (Wildman–Crippen LogP) is 2.19. The van der Waals surface area contributed by atoms with E-state index in [0.29, 0.717) is 29.4 Å². The molecular formula is C15H14FN5. The summed E-state index contributed by atoms with van der Waals surface area (Å²) in [5, 5.41) is 15.1. The van der Waals surface area contributed by atoms with Crippen molar-refractivity contribution < 1.29 is 4.39 Å². The van der Waals surface area contributed by atoms with Gasteiger partial charge < -0.3 is 10.6 Å². The lowest BCUT2D eigenvalue weighted by Crippen LogP contribution is -2.26. The molecule has 0 radical (unpaired) electrons. The van der Waals surface area contributed by atoms with Gasteiger partial charge in [0.25, 0.3) is 0 Å². The minimum absolute atomic E-state index is 0.295. The molecule has 0 saturated carbocycles. The van der Waals surface area contributed by atoms with Crippen LogP contribution in [0.25, 0.3) is 0 Å². The van der Waals surface area contributed by atoms with Crippen LogP contribution in [0.5, 0.6) is 0 Å². The number of anilines is 2. The van der Waals surface area contributed by atoms with Gasteiger partial charge in [0.2, 0.25) is 0 Å². The van der Waals surface area contributed by atoms with Crippen molar-refractivity contribution in [2.75, 3.05) is 11.9 Å². The highest BCUT2D eigenvalue weighted by atomic mass is 19.1. The van der Waals surface area contributed by atoms with Gasteiger partial charge in [0.15, 0.2) is 0 Å². The second-order valence-corrected chi connectivity index (χ2v) is 4.90. The van der Waals surface area contributed by atoms with E-state index in [9.17, 15) is 4.39 Å². The number of halogens is 1. The normalized spacial score (nSPS) is 13.4. The minimum atomic E-state index is -0.465. The lowest BCUT2D eigenvalue weighted by molar-refractivity contribution is 0.620. The van der Waals surface area contributed by atoms with Crippen molar-refractivity contribution in [2.45, 2.75) is 19.9 Å². The first-order valence-electron chi connectivity index (χ1n) is 6.71. The Morgan fingerprint density at radius 1 is 1.38 bits per heavy atom. The maximum atomic E-state index is 14.0. The van der Waals surface area contributed by atoms with Crippen molar-refractivity contribution in [1.82, 2.24) is 15.3 Å². The maximum Gasteiger partial charge on any atom is 0.147 e. The molecule has 0 spiro atoms. The van der Waals surface area contributed by atoms with Crippen LogP contribution >= 0.6 is 0 Å². The summed E-state index contributed by atoms with van der Waals surface area (Å²) < 4.78 is 14.0. The standard InChI is InChI=1S/C15H14FN5/c1-9-19-14-8-18-5-4-11(14)15(20-9)21-13-3-2-10(7-17)6-12(13)16/h2-3,6,18H,4-5,8H2,1H3,(H,19,20,21). The zero-order chi connectivity index (χ0) is 14.8. The number of aryl methyl sites for hydroxylation is 1. The first-order chi connectivity index (χ1) is 10.2. The van der Waals surface area contributed by atoms with Crippen molar-refractivity contribution in [2.24, 2.45) is 0 Å². The molecule has 1 aliphatic heterocycles. The second-order valence-electron chi connectivity index (χ2n) is 4.90. The third kappa shape index (κ3) is 2.69. The number of nitriles is 1. The predicted molar refractivity (Wildman–Crippen MR) is 76.6 cm³/mol. The van der Waals surface area contributed by atoms with Crippen LogP contribution in [0.4, 0.5) is 15.9 Å². The molecule has 2 aromatic rings. The summed E-state index contributed by atoms with van der Waals surface area (Å²) in [4.78, 5) is 8.80. The number of hydrogen-bond donors (Lipinski definition) is 2. The number of hydrogen-bond acceptors (Lipinski definition) is 5. The largest absolute Gasteiger partial charge is 0.337 e. The third-order valence-corrected chi connectivity index (χ3v) is 3.40. The van der Waals surface area contributed by atoms with E-state index in [0.717, 1.165) is 24.2 Å². The van der Waals surface area contributed by atoms with E-state index in [4.69, 9.17) is 5.26 Å². The summed E-state index contributed by atoms with van der Waals surface area (Å²) in [6, 6.07) is 6.26. The molecule has 0 bridgehead atoms. The number of rotatable bonds is 2. The average molecular weight is 283 g/mol. The molecule has 1 aromatic carbocycles. The van der Waals surface area contributed by atoms with Crippen LogP contribution in [0, 0.1) is 24.1 Å². The molecule has 5 nitrogen and oxygen atoms in total. The van der Waals surface area contributed by atoms with Crippen molar-refractivity contribution in [3.8, 4) is 6.07 Å². The van der Waals surface area contributed by atoms with Crippen LogP contribution < -0.4 is 10.6 Å². The van der Waals surface area contributed by atoms with Crippen molar-refractivity contribution >= 4 is 11.5 Å². The molecule has 0 amide bonds. The fraction of sp³-hybridized carbons (Fsp3) is 0.267. The topological polar surface area (TPSA) is 73.6 Å². The van der Waals surface area contributed by atoms with Gasteiger partial charge in [-0.3, -0.25) is 0 Å². The van der Waals surface area contributed by atoms with E-state index in [1.807, 2.05) is 13.0 Å². The van der Waals surface area contributed by atoms with Crippen molar-refractivity contribution in [3.05, 3.63) is 46.7 Å². The summed E-state index contributed by atoms with van der Waals surface area (Å²) in [6.07, 6.45) is 0.801. The first kappa shape index (κ1) is 13.5. The zero-order valence-corrected chi connectivity index (χ0v) is 11.6. The molecule has 6 heteroatoms. The van der Waals surface area contributed by atoms with Crippen LogP contribution in [0.15, 0.2) is 18.2 Å². The summed E-state index contributed by atoms with van der Waals surface area (Å²) in [5.74, 6) is 0.824. The van der Waals surface area contributed by atoms with E-state index in [-0.39, 0.29) is 0 Å². The number of nitrogens with one attached hydrogen (secondary N) is 2. The van der Waals surface area contributed by atoms with Crippen LogP contribution in [0.3, 0.4) is 0 Å². The quantitative estimate of drug-likeness (QED) is 0.883. The molecule has 0 fully saturated rings. The lowest BCUT2D eigenvalue weighted by atomic mass is 10.1. The van der Waals surface area contributed by atoms with Gasteiger partial charge in [-0.25, -0.2) is 14.4 Å². The molecule has 2 heterocycles. The lowest BCUT2D eigenvalue weighted by Gasteiger charge is -2.20. The van der Waals surface area contributed by atoms with Gasteiger partial charge in [-0.2, -0.15) is 5.26 Å². The van der Waals surface area contributed by atoms with Crippen molar-refractivity contribution in [1.29, 1.82) is 5.26 Å². The molecule has 1 aromatic heterocycles. The Hall–Kier alpha value is -2.52. The molecule has 1 aliphatic rings. The van der Waals surface area contributed by atoms with Gasteiger partial charge in [-0.1, -0.05) is 0 Å². The van der Waals surface area contributed by atoms with E-state index in [2.05, 4.69) is 20.6 Å². The van der Waals surface area contributed by atoms with Gasteiger partial charge >= 0.3 is 0 Å². The molecule has 2 N–H and O–H groups in total. The Balaban J connectivity index is 1.98. The highest BCUT2D eigenvalue weighted by Gasteiger charge is 2.17. The number of nitrogens with zero attached hydrogens (tertiary/aromatic N) is 3. The van der Waals surface area contributed by atoms with Gasteiger partial charge in [-0.05, 0) is 38.1 Å². The Labute approximate surface area is 121 Å². The van der Waals surface area contributed by atoms with Gasteiger partial charge in [-0.15, -0.1) is 0 Å².